The Morgan fingerprint density at radius 1 is 1.29 bits per heavy atom. The molecule has 1 amide bonds. The van der Waals surface area contributed by atoms with Gasteiger partial charge >= 0.3 is 0 Å². The molecule has 1 aliphatic rings. The highest BCUT2D eigenvalue weighted by molar-refractivity contribution is 7.91. The van der Waals surface area contributed by atoms with Crippen molar-refractivity contribution in [1.82, 2.24) is 10.2 Å². The maximum absolute atomic E-state index is 11.6. The normalized spacial score (nSPS) is 20.4. The van der Waals surface area contributed by atoms with Crippen LogP contribution in [0.15, 0.2) is 0 Å². The van der Waals surface area contributed by atoms with E-state index in [4.69, 9.17) is 0 Å². The number of sulfone groups is 1. The number of carbonyl (C=O) groups is 1. The van der Waals surface area contributed by atoms with Crippen LogP contribution in [-0.4, -0.2) is 57.9 Å². The van der Waals surface area contributed by atoms with E-state index in [0.717, 1.165) is 6.54 Å². The molecule has 1 rings (SSSR count). The van der Waals surface area contributed by atoms with Gasteiger partial charge in [0.1, 0.15) is 9.84 Å². The molecule has 1 saturated heterocycles. The van der Waals surface area contributed by atoms with E-state index in [9.17, 15) is 13.2 Å². The number of hydrogen-bond acceptors (Lipinski definition) is 4. The molecule has 0 aromatic rings. The zero-order valence-electron chi connectivity index (χ0n) is 10.6. The smallest absolute Gasteiger partial charge is 0.220 e. The minimum absolute atomic E-state index is 0.0381. The van der Waals surface area contributed by atoms with Crippen molar-refractivity contribution < 1.29 is 13.2 Å². The zero-order chi connectivity index (χ0) is 12.9. The molecule has 1 N–H and O–H groups in total. The average Bonchev–Trinajstić information content (AvgIpc) is 2.21. The lowest BCUT2D eigenvalue weighted by molar-refractivity contribution is -0.122. The summed E-state index contributed by atoms with van der Waals surface area (Å²) in [7, 11) is 1.09. The van der Waals surface area contributed by atoms with Gasteiger partial charge in [0.25, 0.3) is 0 Å². The van der Waals surface area contributed by atoms with Crippen LogP contribution in [0.25, 0.3) is 0 Å². The first-order valence-corrected chi connectivity index (χ1v) is 7.83. The Kier molecular flexibility index (Phi) is 5.39. The molecule has 6 heteroatoms. The lowest BCUT2D eigenvalue weighted by atomic mass is 9.98. The molecule has 5 nitrogen and oxygen atoms in total. The average molecular weight is 262 g/mol. The molecular weight excluding hydrogens is 240 g/mol. The van der Waals surface area contributed by atoms with E-state index in [-0.39, 0.29) is 23.3 Å². The van der Waals surface area contributed by atoms with Gasteiger partial charge in [-0.15, -0.1) is 0 Å². The van der Waals surface area contributed by atoms with Gasteiger partial charge in [0.2, 0.25) is 5.91 Å². The highest BCUT2D eigenvalue weighted by Crippen LogP contribution is 2.21. The number of carbonyl (C=O) groups excluding carboxylic acids is 1. The number of nitrogens with zero attached hydrogens (tertiary/aromatic N) is 1. The van der Waals surface area contributed by atoms with Crippen molar-refractivity contribution in [3.05, 3.63) is 0 Å². The van der Waals surface area contributed by atoms with Crippen molar-refractivity contribution >= 4 is 15.7 Å². The van der Waals surface area contributed by atoms with E-state index in [1.54, 1.807) is 0 Å². The molecule has 0 saturated carbocycles. The Labute approximate surface area is 103 Å². The summed E-state index contributed by atoms with van der Waals surface area (Å²) in [6.45, 7) is 1.47. The van der Waals surface area contributed by atoms with Gasteiger partial charge in [-0.05, 0) is 32.9 Å². The fourth-order valence-corrected chi connectivity index (χ4v) is 3.49. The second-order valence-electron chi connectivity index (χ2n) is 4.95. The first-order valence-electron chi connectivity index (χ1n) is 6.01. The quantitative estimate of drug-likeness (QED) is 0.750. The third-order valence-electron chi connectivity index (χ3n) is 3.03. The van der Waals surface area contributed by atoms with E-state index in [1.807, 2.05) is 19.0 Å². The van der Waals surface area contributed by atoms with Crippen molar-refractivity contribution in [1.29, 1.82) is 0 Å². The fourth-order valence-electron chi connectivity index (χ4n) is 1.90. The molecule has 0 aliphatic carbocycles. The molecule has 0 atom stereocenters. The van der Waals surface area contributed by atoms with E-state index in [1.165, 1.54) is 0 Å². The number of nitrogens with one attached hydrogen (secondary N) is 1. The summed E-state index contributed by atoms with van der Waals surface area (Å²) in [6.07, 6.45) is 1.72. The molecular formula is C11H22N2O3S. The molecule has 100 valence electrons. The summed E-state index contributed by atoms with van der Waals surface area (Å²) in [5, 5.41) is 2.85. The molecule has 1 heterocycles. The van der Waals surface area contributed by atoms with Crippen LogP contribution in [0, 0.1) is 5.92 Å². The van der Waals surface area contributed by atoms with Gasteiger partial charge in [-0.2, -0.15) is 0 Å². The molecule has 17 heavy (non-hydrogen) atoms. The van der Waals surface area contributed by atoms with Crippen LogP contribution in [0.3, 0.4) is 0 Å². The monoisotopic (exact) mass is 262 g/mol. The second-order valence-corrected chi connectivity index (χ2v) is 7.26. The Bertz CT molecular complexity index is 338. The van der Waals surface area contributed by atoms with Crippen molar-refractivity contribution in [3.63, 3.8) is 0 Å². The molecule has 1 fully saturated rings. The van der Waals surface area contributed by atoms with E-state index >= 15 is 0 Å². The molecule has 0 spiro atoms. The first-order chi connectivity index (χ1) is 7.89. The summed E-state index contributed by atoms with van der Waals surface area (Å²) in [4.78, 5) is 13.6. The van der Waals surface area contributed by atoms with Gasteiger partial charge < -0.3 is 10.2 Å². The molecule has 0 bridgehead atoms. The number of likely N-dealkylation sites (N-methyl/N-ethyl adjacent to an activating group) is 1. The van der Waals surface area contributed by atoms with Crippen molar-refractivity contribution in [3.8, 4) is 0 Å². The van der Waals surface area contributed by atoms with Crippen LogP contribution in [0.2, 0.25) is 0 Å². The van der Waals surface area contributed by atoms with Crippen LogP contribution in [-0.2, 0) is 14.6 Å². The highest BCUT2D eigenvalue weighted by atomic mass is 32.2. The van der Waals surface area contributed by atoms with Crippen molar-refractivity contribution in [2.24, 2.45) is 5.92 Å². The predicted octanol–water partition coefficient (Wildman–Crippen LogP) is -0.121. The van der Waals surface area contributed by atoms with Crippen molar-refractivity contribution in [2.75, 3.05) is 38.7 Å². The van der Waals surface area contributed by atoms with Gasteiger partial charge in [-0.25, -0.2) is 8.42 Å². The van der Waals surface area contributed by atoms with E-state index in [0.29, 0.717) is 25.8 Å². The van der Waals surface area contributed by atoms with E-state index < -0.39 is 9.84 Å². The van der Waals surface area contributed by atoms with Gasteiger partial charge in [-0.3, -0.25) is 4.79 Å². The molecule has 0 radical (unpaired) electrons. The molecule has 0 unspecified atom stereocenters. The van der Waals surface area contributed by atoms with Crippen LogP contribution in [0.4, 0.5) is 0 Å². The summed E-state index contributed by atoms with van der Waals surface area (Å²) >= 11 is 0. The highest BCUT2D eigenvalue weighted by Gasteiger charge is 2.24. The second kappa shape index (κ2) is 6.35. The van der Waals surface area contributed by atoms with Gasteiger partial charge in [0.15, 0.2) is 0 Å². The maximum Gasteiger partial charge on any atom is 0.220 e. The Morgan fingerprint density at radius 2 is 1.88 bits per heavy atom. The minimum atomic E-state index is -2.82. The van der Waals surface area contributed by atoms with E-state index in [2.05, 4.69) is 5.32 Å². The molecule has 0 aromatic carbocycles. The lowest BCUT2D eigenvalue weighted by Gasteiger charge is -2.21. The largest absolute Gasteiger partial charge is 0.355 e. The zero-order valence-corrected chi connectivity index (χ0v) is 11.4. The van der Waals surface area contributed by atoms with Crippen LogP contribution in [0.1, 0.15) is 19.3 Å². The van der Waals surface area contributed by atoms with Crippen molar-refractivity contribution in [2.45, 2.75) is 19.3 Å². The number of rotatable bonds is 5. The third-order valence-corrected chi connectivity index (χ3v) is 4.74. The summed E-state index contributed by atoms with van der Waals surface area (Å²) < 4.78 is 22.4. The lowest BCUT2D eigenvalue weighted by Crippen LogP contribution is -2.34. The van der Waals surface area contributed by atoms with Gasteiger partial charge in [-0.1, -0.05) is 0 Å². The molecule has 1 aliphatic heterocycles. The summed E-state index contributed by atoms with van der Waals surface area (Å²) in [5.41, 5.74) is 0. The van der Waals surface area contributed by atoms with Crippen LogP contribution >= 0.6 is 0 Å². The predicted molar refractivity (Wildman–Crippen MR) is 67.6 cm³/mol. The first kappa shape index (κ1) is 14.4. The van der Waals surface area contributed by atoms with Gasteiger partial charge in [0.05, 0.1) is 11.5 Å². The SMILES string of the molecule is CN(C)CCNC(=O)CC1CCS(=O)(=O)CC1. The Morgan fingerprint density at radius 3 is 2.41 bits per heavy atom. The standard InChI is InChI=1S/C11H22N2O3S/c1-13(2)6-5-12-11(14)9-10-3-7-17(15,16)8-4-10/h10H,3-9H2,1-2H3,(H,12,14). The summed E-state index contributed by atoms with van der Waals surface area (Å²) in [5.74, 6) is 0.750. The number of hydrogen-bond donors (Lipinski definition) is 1. The topological polar surface area (TPSA) is 66.5 Å². The van der Waals surface area contributed by atoms with Crippen LogP contribution in [0.5, 0.6) is 0 Å². The molecule has 0 aromatic heterocycles. The maximum atomic E-state index is 11.6. The third kappa shape index (κ3) is 6.02. The Balaban J connectivity index is 2.19. The van der Waals surface area contributed by atoms with Gasteiger partial charge in [0, 0.05) is 19.5 Å². The van der Waals surface area contributed by atoms with Crippen LogP contribution < -0.4 is 5.32 Å². The fraction of sp³-hybridized carbons (Fsp3) is 0.909. The minimum Gasteiger partial charge on any atom is -0.355 e. The number of amides is 1. The summed E-state index contributed by atoms with van der Waals surface area (Å²) in [6, 6.07) is 0. The Hall–Kier alpha value is -0.620.